The summed E-state index contributed by atoms with van der Waals surface area (Å²) in [5.41, 5.74) is 1.08. The molecule has 1 fully saturated rings. The number of nitrogens with one attached hydrogen (secondary N) is 1. The average molecular weight is 335 g/mol. The fraction of sp³-hybridized carbons (Fsp3) is 0.500. The minimum absolute atomic E-state index is 0.131. The van der Waals surface area contributed by atoms with Crippen LogP contribution in [0, 0.1) is 0 Å². The second kappa shape index (κ2) is 7.70. The Balaban J connectivity index is 1.56. The monoisotopic (exact) mass is 335 g/mol. The summed E-state index contributed by atoms with van der Waals surface area (Å²) in [4.78, 5) is 11.9. The molecule has 2 heterocycles. The Bertz CT molecular complexity index is 675. The van der Waals surface area contributed by atoms with E-state index in [-0.39, 0.29) is 11.8 Å². The number of hydrogen-bond donors (Lipinski definition) is 1. The molecule has 1 N–H and O–H groups in total. The molecule has 1 aliphatic rings. The lowest BCUT2D eigenvalue weighted by atomic mass is 10.2. The standard InChI is InChI=1S/C16H21N3O3S/c1-21-13-6-4-12(5-7-13)8-10-23-16-18-17-15(20)19(16)11-14-3-2-9-22-14/h4-7,14H,2-3,8-11H2,1H3,(H,17,20). The molecule has 1 unspecified atom stereocenters. The molecule has 7 heteroatoms. The smallest absolute Gasteiger partial charge is 0.344 e. The van der Waals surface area contributed by atoms with Gasteiger partial charge in [0.1, 0.15) is 5.75 Å². The first kappa shape index (κ1) is 16.1. The molecular formula is C16H21N3O3S. The fourth-order valence-corrected chi connectivity index (χ4v) is 3.56. The van der Waals surface area contributed by atoms with Crippen LogP contribution in [0.15, 0.2) is 34.2 Å². The Kier molecular flexibility index (Phi) is 5.40. The normalized spacial score (nSPS) is 17.5. The van der Waals surface area contributed by atoms with Gasteiger partial charge in [-0.3, -0.25) is 4.57 Å². The summed E-state index contributed by atoms with van der Waals surface area (Å²) in [6.07, 6.45) is 3.12. The molecular weight excluding hydrogens is 314 g/mol. The summed E-state index contributed by atoms with van der Waals surface area (Å²) in [7, 11) is 1.66. The van der Waals surface area contributed by atoms with Gasteiger partial charge in [-0.25, -0.2) is 9.89 Å². The third kappa shape index (κ3) is 4.17. The van der Waals surface area contributed by atoms with Gasteiger partial charge in [0, 0.05) is 12.4 Å². The van der Waals surface area contributed by atoms with E-state index in [1.165, 1.54) is 5.56 Å². The third-order valence-electron chi connectivity index (χ3n) is 3.91. The van der Waals surface area contributed by atoms with E-state index in [1.54, 1.807) is 23.4 Å². The third-order valence-corrected chi connectivity index (χ3v) is 4.89. The first-order chi connectivity index (χ1) is 11.3. The molecule has 0 bridgehead atoms. The number of ether oxygens (including phenoxy) is 2. The van der Waals surface area contributed by atoms with E-state index >= 15 is 0 Å². The van der Waals surface area contributed by atoms with Crippen LogP contribution in [-0.2, 0) is 17.7 Å². The maximum absolute atomic E-state index is 11.9. The Morgan fingerprint density at radius 3 is 2.96 bits per heavy atom. The molecule has 3 rings (SSSR count). The van der Waals surface area contributed by atoms with Gasteiger partial charge in [-0.15, -0.1) is 5.10 Å². The molecule has 0 spiro atoms. The van der Waals surface area contributed by atoms with E-state index in [1.807, 2.05) is 12.1 Å². The van der Waals surface area contributed by atoms with Crippen molar-refractivity contribution in [3.05, 3.63) is 40.3 Å². The molecule has 1 atom stereocenters. The lowest BCUT2D eigenvalue weighted by Gasteiger charge is -2.11. The number of hydrogen-bond acceptors (Lipinski definition) is 5. The molecule has 6 nitrogen and oxygen atoms in total. The summed E-state index contributed by atoms with van der Waals surface area (Å²) >= 11 is 1.59. The first-order valence-electron chi connectivity index (χ1n) is 7.79. The van der Waals surface area contributed by atoms with Gasteiger partial charge in [0.25, 0.3) is 0 Å². The van der Waals surface area contributed by atoms with Crippen molar-refractivity contribution in [3.63, 3.8) is 0 Å². The largest absolute Gasteiger partial charge is 0.497 e. The van der Waals surface area contributed by atoms with E-state index in [4.69, 9.17) is 9.47 Å². The quantitative estimate of drug-likeness (QED) is 0.785. The van der Waals surface area contributed by atoms with Crippen molar-refractivity contribution in [1.29, 1.82) is 0 Å². The summed E-state index contributed by atoms with van der Waals surface area (Å²) in [5, 5.41) is 7.40. The Morgan fingerprint density at radius 1 is 1.43 bits per heavy atom. The fourth-order valence-electron chi connectivity index (χ4n) is 2.62. The van der Waals surface area contributed by atoms with E-state index in [9.17, 15) is 4.79 Å². The highest BCUT2D eigenvalue weighted by Gasteiger charge is 2.19. The molecule has 1 aliphatic heterocycles. The molecule has 0 aliphatic carbocycles. The molecule has 23 heavy (non-hydrogen) atoms. The predicted molar refractivity (Wildman–Crippen MR) is 89.2 cm³/mol. The van der Waals surface area contributed by atoms with Crippen LogP contribution in [0.1, 0.15) is 18.4 Å². The van der Waals surface area contributed by atoms with E-state index in [0.717, 1.165) is 42.5 Å². The second-order valence-electron chi connectivity index (χ2n) is 5.50. The molecule has 0 radical (unpaired) electrons. The Hall–Kier alpha value is -1.73. The minimum atomic E-state index is -0.160. The lowest BCUT2D eigenvalue weighted by molar-refractivity contribution is 0.0941. The van der Waals surface area contributed by atoms with Crippen molar-refractivity contribution in [3.8, 4) is 5.75 Å². The molecule has 1 saturated heterocycles. The van der Waals surface area contributed by atoms with Gasteiger partial charge >= 0.3 is 5.69 Å². The van der Waals surface area contributed by atoms with Gasteiger partial charge in [0.2, 0.25) is 0 Å². The summed E-state index contributed by atoms with van der Waals surface area (Å²) in [5.74, 6) is 1.72. The average Bonchev–Trinajstić information content (AvgIpc) is 3.20. The number of aryl methyl sites for hydroxylation is 1. The van der Waals surface area contributed by atoms with Crippen LogP contribution >= 0.6 is 11.8 Å². The van der Waals surface area contributed by atoms with Crippen LogP contribution in [-0.4, -0.2) is 40.3 Å². The van der Waals surface area contributed by atoms with Gasteiger partial charge in [-0.2, -0.15) is 0 Å². The molecule has 0 amide bonds. The van der Waals surface area contributed by atoms with Crippen LogP contribution in [0.3, 0.4) is 0 Å². The van der Waals surface area contributed by atoms with E-state index < -0.39 is 0 Å². The zero-order valence-electron chi connectivity index (χ0n) is 13.2. The topological polar surface area (TPSA) is 69.1 Å². The highest BCUT2D eigenvalue weighted by atomic mass is 32.2. The number of aromatic nitrogens is 3. The van der Waals surface area contributed by atoms with Gasteiger partial charge in [-0.1, -0.05) is 23.9 Å². The number of H-pyrrole nitrogens is 1. The predicted octanol–water partition coefficient (Wildman–Crippen LogP) is 2.09. The molecule has 124 valence electrons. The number of thioether (sulfide) groups is 1. The van der Waals surface area contributed by atoms with Crippen molar-refractivity contribution >= 4 is 11.8 Å². The zero-order valence-corrected chi connectivity index (χ0v) is 14.0. The minimum Gasteiger partial charge on any atom is -0.497 e. The van der Waals surface area contributed by atoms with Gasteiger partial charge in [0.05, 0.1) is 19.8 Å². The molecule has 0 saturated carbocycles. The summed E-state index contributed by atoms with van der Waals surface area (Å²) in [6, 6.07) is 8.04. The van der Waals surface area contributed by atoms with Crippen molar-refractivity contribution < 1.29 is 9.47 Å². The molecule has 1 aromatic carbocycles. The maximum atomic E-state index is 11.9. The van der Waals surface area contributed by atoms with Crippen molar-refractivity contribution in [2.24, 2.45) is 0 Å². The Morgan fingerprint density at radius 2 is 2.26 bits per heavy atom. The SMILES string of the molecule is COc1ccc(CCSc2n[nH]c(=O)n2CC2CCCO2)cc1. The van der Waals surface area contributed by atoms with Crippen molar-refractivity contribution in [1.82, 2.24) is 14.8 Å². The number of nitrogens with zero attached hydrogens (tertiary/aromatic N) is 2. The van der Waals surface area contributed by atoms with Crippen LogP contribution < -0.4 is 10.4 Å². The lowest BCUT2D eigenvalue weighted by Crippen LogP contribution is -2.25. The van der Waals surface area contributed by atoms with Crippen molar-refractivity contribution in [2.45, 2.75) is 37.1 Å². The van der Waals surface area contributed by atoms with Gasteiger partial charge in [-0.05, 0) is 37.0 Å². The maximum Gasteiger partial charge on any atom is 0.344 e. The van der Waals surface area contributed by atoms with Gasteiger partial charge in [0.15, 0.2) is 5.16 Å². The van der Waals surface area contributed by atoms with E-state index in [0.29, 0.717) is 6.54 Å². The summed E-state index contributed by atoms with van der Waals surface area (Å²) in [6.45, 7) is 1.37. The highest BCUT2D eigenvalue weighted by molar-refractivity contribution is 7.99. The van der Waals surface area contributed by atoms with Gasteiger partial charge < -0.3 is 9.47 Å². The molecule has 1 aromatic heterocycles. The first-order valence-corrected chi connectivity index (χ1v) is 8.77. The van der Waals surface area contributed by atoms with Crippen LogP contribution in [0.2, 0.25) is 0 Å². The zero-order chi connectivity index (χ0) is 16.1. The number of methoxy groups -OCH3 is 1. The summed E-state index contributed by atoms with van der Waals surface area (Å²) < 4.78 is 12.5. The number of rotatable bonds is 7. The van der Waals surface area contributed by atoms with Crippen LogP contribution in [0.25, 0.3) is 0 Å². The van der Waals surface area contributed by atoms with Crippen molar-refractivity contribution in [2.75, 3.05) is 19.5 Å². The van der Waals surface area contributed by atoms with Crippen LogP contribution in [0.5, 0.6) is 5.75 Å². The number of benzene rings is 1. The second-order valence-corrected chi connectivity index (χ2v) is 6.57. The Labute approximate surface area is 139 Å². The van der Waals surface area contributed by atoms with E-state index in [2.05, 4.69) is 22.3 Å². The molecule has 2 aromatic rings. The highest BCUT2D eigenvalue weighted by Crippen LogP contribution is 2.19. The van der Waals surface area contributed by atoms with Crippen LogP contribution in [0.4, 0.5) is 0 Å². The number of aromatic amines is 1.